The van der Waals surface area contributed by atoms with Crippen molar-refractivity contribution in [2.24, 2.45) is 0 Å². The molecule has 3 aromatic heterocycles. The van der Waals surface area contributed by atoms with Gasteiger partial charge in [-0.15, -0.1) is 0 Å². The summed E-state index contributed by atoms with van der Waals surface area (Å²) in [7, 11) is 0. The third-order valence-electron chi connectivity index (χ3n) is 6.39. The van der Waals surface area contributed by atoms with Crippen LogP contribution in [0.1, 0.15) is 0 Å². The van der Waals surface area contributed by atoms with Crippen LogP contribution in [0.15, 0.2) is 116 Å². The van der Waals surface area contributed by atoms with Gasteiger partial charge in [0.15, 0.2) is 0 Å². The summed E-state index contributed by atoms with van der Waals surface area (Å²) in [6, 6.07) is 36.6. The fourth-order valence-corrected chi connectivity index (χ4v) is 5.04. The molecule has 7 aromatic rings. The summed E-state index contributed by atoms with van der Waals surface area (Å²) in [5, 5.41) is 5.00. The average molecular weight is 409 g/mol. The van der Waals surface area contributed by atoms with E-state index in [4.69, 9.17) is 0 Å². The normalized spacial score (nSPS) is 11.8. The second-order valence-electron chi connectivity index (χ2n) is 8.14. The number of nitrogens with zero attached hydrogens (tertiary/aromatic N) is 3. The second kappa shape index (κ2) is 6.56. The Morgan fingerprint density at radius 2 is 1.00 bits per heavy atom. The first-order valence-corrected chi connectivity index (χ1v) is 10.8. The second-order valence-corrected chi connectivity index (χ2v) is 8.14. The minimum absolute atomic E-state index is 1.12. The number of rotatable bonds is 2. The van der Waals surface area contributed by atoms with Crippen molar-refractivity contribution in [3.05, 3.63) is 116 Å². The number of benzene rings is 4. The van der Waals surface area contributed by atoms with Crippen LogP contribution in [0.25, 0.3) is 55.0 Å². The van der Waals surface area contributed by atoms with Crippen LogP contribution >= 0.6 is 0 Å². The van der Waals surface area contributed by atoms with Crippen molar-refractivity contribution in [3.63, 3.8) is 0 Å². The van der Waals surface area contributed by atoms with Gasteiger partial charge in [0.25, 0.3) is 0 Å². The van der Waals surface area contributed by atoms with E-state index in [1.54, 1.807) is 0 Å². The van der Waals surface area contributed by atoms with E-state index < -0.39 is 0 Å². The quantitative estimate of drug-likeness (QED) is 0.294. The van der Waals surface area contributed by atoms with Gasteiger partial charge in [0, 0.05) is 39.1 Å². The summed E-state index contributed by atoms with van der Waals surface area (Å²) in [6.07, 6.45) is 3.85. The van der Waals surface area contributed by atoms with Crippen LogP contribution in [-0.2, 0) is 0 Å². The smallest absolute Gasteiger partial charge is 0.0724 e. The van der Waals surface area contributed by atoms with Crippen molar-refractivity contribution in [1.82, 2.24) is 14.1 Å². The monoisotopic (exact) mass is 409 g/mol. The van der Waals surface area contributed by atoms with Gasteiger partial charge in [-0.2, -0.15) is 0 Å². The topological polar surface area (TPSA) is 22.8 Å². The van der Waals surface area contributed by atoms with Crippen LogP contribution in [-0.4, -0.2) is 14.1 Å². The highest BCUT2D eigenvalue weighted by Crippen LogP contribution is 2.39. The molecule has 0 radical (unpaired) electrons. The molecule has 150 valence electrons. The van der Waals surface area contributed by atoms with E-state index in [1.807, 2.05) is 12.4 Å². The highest BCUT2D eigenvalue weighted by molar-refractivity contribution is 6.19. The van der Waals surface area contributed by atoms with Gasteiger partial charge in [0.2, 0.25) is 0 Å². The first kappa shape index (κ1) is 17.3. The van der Waals surface area contributed by atoms with Crippen LogP contribution in [0.2, 0.25) is 0 Å². The zero-order valence-electron chi connectivity index (χ0n) is 17.3. The predicted molar refractivity (Wildman–Crippen MR) is 133 cm³/mol. The Kier molecular flexibility index (Phi) is 3.55. The van der Waals surface area contributed by atoms with E-state index in [2.05, 4.69) is 117 Å². The van der Waals surface area contributed by atoms with Gasteiger partial charge in [-0.25, -0.2) is 0 Å². The van der Waals surface area contributed by atoms with Gasteiger partial charge in [-0.3, -0.25) is 4.98 Å². The van der Waals surface area contributed by atoms with Crippen molar-refractivity contribution in [2.45, 2.75) is 0 Å². The Labute approximate surface area is 184 Å². The number of para-hydroxylation sites is 3. The van der Waals surface area contributed by atoms with E-state index in [0.717, 1.165) is 11.2 Å². The van der Waals surface area contributed by atoms with Crippen molar-refractivity contribution >= 4 is 43.6 Å². The van der Waals surface area contributed by atoms with Crippen LogP contribution in [0.4, 0.5) is 0 Å². The summed E-state index contributed by atoms with van der Waals surface area (Å²) >= 11 is 0. The maximum absolute atomic E-state index is 4.44. The third kappa shape index (κ3) is 2.33. The Morgan fingerprint density at radius 3 is 1.69 bits per heavy atom. The molecule has 7 rings (SSSR count). The molecule has 32 heavy (non-hydrogen) atoms. The molecule has 0 aliphatic rings. The lowest BCUT2D eigenvalue weighted by atomic mass is 10.1. The summed E-state index contributed by atoms with van der Waals surface area (Å²) in [5.74, 6) is 0. The lowest BCUT2D eigenvalue weighted by molar-refractivity contribution is 1.16. The first-order chi connectivity index (χ1) is 15.9. The maximum atomic E-state index is 4.44. The molecule has 0 amide bonds. The Bertz CT molecular complexity index is 1630. The Balaban J connectivity index is 1.71. The summed E-state index contributed by atoms with van der Waals surface area (Å²) in [5.41, 5.74) is 7.05. The number of fused-ring (bicyclic) bond motifs is 6. The highest BCUT2D eigenvalue weighted by Gasteiger charge is 2.18. The van der Waals surface area contributed by atoms with Gasteiger partial charge in [0.05, 0.1) is 28.3 Å². The molecule has 0 N–H and O–H groups in total. The molecule has 0 aliphatic carbocycles. The molecule has 0 fully saturated rings. The van der Waals surface area contributed by atoms with E-state index >= 15 is 0 Å². The van der Waals surface area contributed by atoms with E-state index in [1.165, 1.54) is 43.8 Å². The lowest BCUT2D eigenvalue weighted by Crippen LogP contribution is -1.95. The van der Waals surface area contributed by atoms with E-state index in [9.17, 15) is 0 Å². The van der Waals surface area contributed by atoms with Crippen LogP contribution in [0.3, 0.4) is 0 Å². The van der Waals surface area contributed by atoms with Crippen molar-refractivity contribution in [2.75, 3.05) is 0 Å². The number of hydrogen-bond acceptors (Lipinski definition) is 1. The largest absolute Gasteiger partial charge is 0.309 e. The number of aromatic nitrogens is 3. The molecule has 3 heterocycles. The van der Waals surface area contributed by atoms with Gasteiger partial charge in [-0.1, -0.05) is 54.6 Å². The van der Waals surface area contributed by atoms with Crippen LogP contribution in [0, 0.1) is 0 Å². The molecule has 0 saturated carbocycles. The van der Waals surface area contributed by atoms with Gasteiger partial charge in [0.1, 0.15) is 0 Å². The molecule has 4 aromatic carbocycles. The Morgan fingerprint density at radius 1 is 0.438 bits per heavy atom. The molecule has 0 unspecified atom stereocenters. The SMILES string of the molecule is c1ccc(-n2c3ccccc3c3cc4c5ccncc5n(-c5ccccc5)c4cc32)cc1. The molecular formula is C29H19N3. The minimum atomic E-state index is 1.12. The molecule has 0 saturated heterocycles. The average Bonchev–Trinajstić information content (AvgIpc) is 3.36. The fourth-order valence-electron chi connectivity index (χ4n) is 5.04. The van der Waals surface area contributed by atoms with Gasteiger partial charge >= 0.3 is 0 Å². The fraction of sp³-hybridized carbons (Fsp3) is 0. The molecular weight excluding hydrogens is 390 g/mol. The summed E-state index contributed by atoms with van der Waals surface area (Å²) in [4.78, 5) is 4.44. The van der Waals surface area contributed by atoms with E-state index in [-0.39, 0.29) is 0 Å². The van der Waals surface area contributed by atoms with E-state index in [0.29, 0.717) is 0 Å². The van der Waals surface area contributed by atoms with Crippen molar-refractivity contribution < 1.29 is 0 Å². The van der Waals surface area contributed by atoms with Crippen molar-refractivity contribution in [1.29, 1.82) is 0 Å². The van der Waals surface area contributed by atoms with Crippen LogP contribution < -0.4 is 0 Å². The van der Waals surface area contributed by atoms with Crippen LogP contribution in [0.5, 0.6) is 0 Å². The Hall–Kier alpha value is -4.37. The summed E-state index contributed by atoms with van der Waals surface area (Å²) < 4.78 is 4.69. The molecule has 0 atom stereocenters. The third-order valence-corrected chi connectivity index (χ3v) is 6.39. The zero-order chi connectivity index (χ0) is 21.1. The number of hydrogen-bond donors (Lipinski definition) is 0. The van der Waals surface area contributed by atoms with Gasteiger partial charge in [-0.05, 0) is 48.5 Å². The first-order valence-electron chi connectivity index (χ1n) is 10.8. The standard InChI is InChI=1S/C29H19N3/c1-3-9-20(10-4-1)31-26-14-8-7-13-22(26)24-17-25-23-15-16-30-19-29(23)32(28(25)18-27(24)31)21-11-5-2-6-12-21/h1-19H. The molecule has 0 spiro atoms. The predicted octanol–water partition coefficient (Wildman–Crippen LogP) is 7.28. The lowest BCUT2D eigenvalue weighted by Gasteiger charge is -2.09. The highest BCUT2D eigenvalue weighted by atomic mass is 15.0. The minimum Gasteiger partial charge on any atom is -0.309 e. The molecule has 0 aliphatic heterocycles. The maximum Gasteiger partial charge on any atom is 0.0724 e. The molecule has 3 heteroatoms. The molecule has 3 nitrogen and oxygen atoms in total. The molecule has 0 bridgehead atoms. The number of pyridine rings is 1. The summed E-state index contributed by atoms with van der Waals surface area (Å²) in [6.45, 7) is 0. The van der Waals surface area contributed by atoms with Gasteiger partial charge < -0.3 is 9.13 Å². The zero-order valence-corrected chi connectivity index (χ0v) is 17.3. The van der Waals surface area contributed by atoms with Crippen molar-refractivity contribution in [3.8, 4) is 11.4 Å².